The molecular weight excluding hydrogens is 184 g/mol. The molecule has 74 valence electrons. The van der Waals surface area contributed by atoms with Crippen LogP contribution in [-0.4, -0.2) is 13.2 Å². The largest absolute Gasteiger partial charge is 0.497 e. The summed E-state index contributed by atoms with van der Waals surface area (Å²) in [7, 11) is 1.60. The Morgan fingerprint density at radius 2 is 2.07 bits per heavy atom. The van der Waals surface area contributed by atoms with Crippen molar-refractivity contribution in [3.8, 4) is 5.75 Å². The second kappa shape index (κ2) is 3.55. The molecule has 1 aliphatic heterocycles. The summed E-state index contributed by atoms with van der Waals surface area (Å²) in [5.41, 5.74) is 5.92. The highest BCUT2D eigenvalue weighted by atomic mass is 16.6. The molecule has 1 fully saturated rings. The van der Waals surface area contributed by atoms with Crippen molar-refractivity contribution in [1.29, 1.82) is 0 Å². The molecule has 1 aliphatic rings. The maximum absolute atomic E-state index is 10.7. The molecule has 2 rings (SSSR count). The van der Waals surface area contributed by atoms with E-state index in [4.69, 9.17) is 9.47 Å². The van der Waals surface area contributed by atoms with Gasteiger partial charge in [-0.05, 0) is 12.1 Å². The molecule has 0 spiro atoms. The summed E-state index contributed by atoms with van der Waals surface area (Å²) < 4.78 is 9.93. The number of hydrazine groups is 1. The number of hydrogen-bond donors (Lipinski definition) is 2. The zero-order chi connectivity index (χ0) is 9.97. The van der Waals surface area contributed by atoms with Crippen LogP contribution in [0.25, 0.3) is 0 Å². The minimum absolute atomic E-state index is 0.423. The van der Waals surface area contributed by atoms with Gasteiger partial charge >= 0.3 is 6.09 Å². The van der Waals surface area contributed by atoms with E-state index < -0.39 is 12.3 Å². The number of nitrogens with one attached hydrogen (secondary N) is 2. The van der Waals surface area contributed by atoms with Gasteiger partial charge in [0.15, 0.2) is 6.23 Å². The molecule has 0 bridgehead atoms. The van der Waals surface area contributed by atoms with E-state index >= 15 is 0 Å². The Morgan fingerprint density at radius 3 is 2.57 bits per heavy atom. The third-order valence-electron chi connectivity index (χ3n) is 1.95. The van der Waals surface area contributed by atoms with Crippen molar-refractivity contribution in [1.82, 2.24) is 10.9 Å². The Kier molecular flexibility index (Phi) is 2.24. The first-order chi connectivity index (χ1) is 6.79. The average molecular weight is 194 g/mol. The Labute approximate surface area is 81.0 Å². The van der Waals surface area contributed by atoms with Gasteiger partial charge in [0.25, 0.3) is 0 Å². The summed E-state index contributed by atoms with van der Waals surface area (Å²) in [5, 5.41) is 0. The standard InChI is InChI=1S/C9H10N2O3/c1-13-7-4-2-6(3-5-7)8-10-11-9(12)14-8/h2-5,8,10H,1H3,(H,11,12). The van der Waals surface area contributed by atoms with E-state index in [-0.39, 0.29) is 0 Å². The maximum atomic E-state index is 10.7. The van der Waals surface area contributed by atoms with Crippen molar-refractivity contribution in [3.05, 3.63) is 29.8 Å². The van der Waals surface area contributed by atoms with Crippen molar-refractivity contribution in [3.63, 3.8) is 0 Å². The average Bonchev–Trinajstić information content (AvgIpc) is 2.65. The normalized spacial score (nSPS) is 20.1. The fourth-order valence-electron chi connectivity index (χ4n) is 1.22. The van der Waals surface area contributed by atoms with E-state index in [0.29, 0.717) is 0 Å². The van der Waals surface area contributed by atoms with E-state index in [1.165, 1.54) is 0 Å². The molecule has 2 N–H and O–H groups in total. The van der Waals surface area contributed by atoms with Crippen LogP contribution < -0.4 is 15.6 Å². The summed E-state index contributed by atoms with van der Waals surface area (Å²) in [6.45, 7) is 0. The zero-order valence-corrected chi connectivity index (χ0v) is 7.61. The molecule has 0 aliphatic carbocycles. The van der Waals surface area contributed by atoms with Gasteiger partial charge in [0.05, 0.1) is 7.11 Å². The Balaban J connectivity index is 2.13. The number of rotatable bonds is 2. The van der Waals surface area contributed by atoms with E-state index in [2.05, 4.69) is 10.9 Å². The molecule has 5 heteroatoms. The summed E-state index contributed by atoms with van der Waals surface area (Å²) in [6.07, 6.45) is -0.890. The molecule has 1 heterocycles. The van der Waals surface area contributed by atoms with Gasteiger partial charge in [-0.1, -0.05) is 12.1 Å². The molecule has 1 amide bonds. The number of carbonyl (C=O) groups excluding carboxylic acids is 1. The van der Waals surface area contributed by atoms with Gasteiger partial charge in [0, 0.05) is 5.56 Å². The predicted octanol–water partition coefficient (Wildman–Crippen LogP) is 0.938. The van der Waals surface area contributed by atoms with Crippen LogP contribution in [0.2, 0.25) is 0 Å². The smallest absolute Gasteiger partial charge is 0.423 e. The van der Waals surface area contributed by atoms with Gasteiger partial charge in [0.2, 0.25) is 0 Å². The minimum atomic E-state index is -0.467. The molecule has 1 saturated heterocycles. The lowest BCUT2D eigenvalue weighted by Gasteiger charge is -2.08. The van der Waals surface area contributed by atoms with E-state index in [0.717, 1.165) is 11.3 Å². The molecule has 1 unspecified atom stereocenters. The number of carbonyl (C=O) groups is 1. The van der Waals surface area contributed by atoms with E-state index in [1.807, 2.05) is 24.3 Å². The molecule has 1 aromatic rings. The van der Waals surface area contributed by atoms with E-state index in [9.17, 15) is 4.79 Å². The molecule has 1 atom stereocenters. The van der Waals surface area contributed by atoms with Crippen molar-refractivity contribution >= 4 is 6.09 Å². The van der Waals surface area contributed by atoms with Crippen LogP contribution in [0.4, 0.5) is 4.79 Å². The van der Waals surface area contributed by atoms with Crippen LogP contribution in [0, 0.1) is 0 Å². The number of cyclic esters (lactones) is 1. The van der Waals surface area contributed by atoms with Gasteiger partial charge in [-0.2, -0.15) is 5.43 Å². The first-order valence-electron chi connectivity index (χ1n) is 4.16. The summed E-state index contributed by atoms with van der Waals surface area (Å²) in [5.74, 6) is 0.769. The quantitative estimate of drug-likeness (QED) is 0.735. The first kappa shape index (κ1) is 8.83. The number of amides is 1. The van der Waals surface area contributed by atoms with Crippen LogP contribution in [0.15, 0.2) is 24.3 Å². The van der Waals surface area contributed by atoms with Crippen molar-refractivity contribution in [2.45, 2.75) is 6.23 Å². The van der Waals surface area contributed by atoms with Crippen molar-refractivity contribution < 1.29 is 14.3 Å². The molecule has 0 radical (unpaired) electrons. The summed E-state index contributed by atoms with van der Waals surface area (Å²) in [4.78, 5) is 10.7. The zero-order valence-electron chi connectivity index (χ0n) is 7.61. The number of hydrogen-bond acceptors (Lipinski definition) is 4. The van der Waals surface area contributed by atoms with Crippen LogP contribution in [-0.2, 0) is 4.74 Å². The maximum Gasteiger partial charge on any atom is 0.423 e. The van der Waals surface area contributed by atoms with Crippen molar-refractivity contribution in [2.75, 3.05) is 7.11 Å². The van der Waals surface area contributed by atoms with Crippen LogP contribution in [0.3, 0.4) is 0 Å². The molecular formula is C9H10N2O3. The SMILES string of the molecule is COc1ccc(C2NNC(=O)O2)cc1. The molecule has 14 heavy (non-hydrogen) atoms. The highest BCUT2D eigenvalue weighted by Gasteiger charge is 2.23. The highest BCUT2D eigenvalue weighted by molar-refractivity contribution is 5.68. The second-order valence-electron chi connectivity index (χ2n) is 2.83. The van der Waals surface area contributed by atoms with Crippen molar-refractivity contribution in [2.24, 2.45) is 0 Å². The summed E-state index contributed by atoms with van der Waals surface area (Å²) in [6, 6.07) is 7.28. The second-order valence-corrected chi connectivity index (χ2v) is 2.83. The van der Waals surface area contributed by atoms with Gasteiger partial charge in [0.1, 0.15) is 5.75 Å². The monoisotopic (exact) mass is 194 g/mol. The lowest BCUT2D eigenvalue weighted by molar-refractivity contribution is 0.130. The van der Waals surface area contributed by atoms with Gasteiger partial charge in [-0.25, -0.2) is 4.79 Å². The van der Waals surface area contributed by atoms with E-state index in [1.54, 1.807) is 7.11 Å². The molecule has 1 aromatic carbocycles. The fourth-order valence-corrected chi connectivity index (χ4v) is 1.22. The Hall–Kier alpha value is -1.75. The summed E-state index contributed by atoms with van der Waals surface area (Å²) >= 11 is 0. The van der Waals surface area contributed by atoms with Crippen LogP contribution >= 0.6 is 0 Å². The molecule has 0 saturated carbocycles. The number of methoxy groups -OCH3 is 1. The van der Waals surface area contributed by atoms with Gasteiger partial charge in [-0.15, -0.1) is 0 Å². The Morgan fingerprint density at radius 1 is 1.36 bits per heavy atom. The molecule has 5 nitrogen and oxygen atoms in total. The third kappa shape index (κ3) is 1.62. The lowest BCUT2D eigenvalue weighted by atomic mass is 10.2. The highest BCUT2D eigenvalue weighted by Crippen LogP contribution is 2.20. The number of ether oxygens (including phenoxy) is 2. The van der Waals surface area contributed by atoms with Crippen LogP contribution in [0.5, 0.6) is 5.75 Å². The molecule has 0 aromatic heterocycles. The third-order valence-corrected chi connectivity index (χ3v) is 1.95. The number of benzene rings is 1. The first-order valence-corrected chi connectivity index (χ1v) is 4.16. The van der Waals surface area contributed by atoms with Gasteiger partial charge < -0.3 is 9.47 Å². The Bertz CT molecular complexity index is 336. The lowest BCUT2D eigenvalue weighted by Crippen LogP contribution is -2.26. The van der Waals surface area contributed by atoms with Gasteiger partial charge in [-0.3, -0.25) is 5.43 Å². The van der Waals surface area contributed by atoms with Crippen LogP contribution in [0.1, 0.15) is 11.8 Å². The predicted molar refractivity (Wildman–Crippen MR) is 48.5 cm³/mol. The topological polar surface area (TPSA) is 59.6 Å². The minimum Gasteiger partial charge on any atom is -0.497 e. The fraction of sp³-hybridized carbons (Fsp3) is 0.222.